The second kappa shape index (κ2) is 5.53. The van der Waals surface area contributed by atoms with E-state index in [4.69, 9.17) is 9.73 Å². The number of rotatable bonds is 5. The first-order chi connectivity index (χ1) is 11.7. The van der Waals surface area contributed by atoms with Gasteiger partial charge in [-0.1, -0.05) is 0 Å². The third kappa shape index (κ3) is 2.35. The van der Waals surface area contributed by atoms with E-state index in [1.54, 1.807) is 18.4 Å². The SMILES string of the molecule is COCCn1cc(C2CC2)s/c1=N\C(=O)C12CC3CC(CC1C3)C2. The average Bonchev–Trinajstić information content (AvgIpc) is 3.23. The van der Waals surface area contributed by atoms with Crippen LogP contribution in [0, 0.1) is 23.2 Å². The number of carbonyl (C=O) groups excluding carboxylic acids is 1. The van der Waals surface area contributed by atoms with E-state index >= 15 is 0 Å². The Bertz CT molecular complexity index is 716. The van der Waals surface area contributed by atoms with Crippen molar-refractivity contribution in [3.63, 3.8) is 0 Å². The Morgan fingerprint density at radius 3 is 2.75 bits per heavy atom. The molecule has 5 aliphatic carbocycles. The van der Waals surface area contributed by atoms with Gasteiger partial charge in [0.1, 0.15) is 0 Å². The van der Waals surface area contributed by atoms with Gasteiger partial charge in [-0.3, -0.25) is 4.79 Å². The molecule has 5 fully saturated rings. The van der Waals surface area contributed by atoms with Gasteiger partial charge in [0.25, 0.3) is 5.91 Å². The van der Waals surface area contributed by atoms with Crippen molar-refractivity contribution in [2.45, 2.75) is 57.4 Å². The van der Waals surface area contributed by atoms with Gasteiger partial charge in [-0.2, -0.15) is 4.99 Å². The van der Waals surface area contributed by atoms with Gasteiger partial charge in [0.15, 0.2) is 4.80 Å². The molecule has 1 heterocycles. The lowest BCUT2D eigenvalue weighted by Gasteiger charge is -2.29. The van der Waals surface area contributed by atoms with Crippen molar-refractivity contribution in [2.24, 2.45) is 28.2 Å². The summed E-state index contributed by atoms with van der Waals surface area (Å²) in [7, 11) is 1.73. The predicted octanol–water partition coefficient (Wildman–Crippen LogP) is 3.33. The van der Waals surface area contributed by atoms with E-state index in [2.05, 4.69) is 10.8 Å². The van der Waals surface area contributed by atoms with Crippen LogP contribution in [-0.2, 0) is 16.1 Å². The molecule has 4 nitrogen and oxygen atoms in total. The summed E-state index contributed by atoms with van der Waals surface area (Å²) >= 11 is 1.73. The zero-order valence-electron chi connectivity index (χ0n) is 14.4. The van der Waals surface area contributed by atoms with E-state index in [1.807, 2.05) is 0 Å². The van der Waals surface area contributed by atoms with E-state index in [9.17, 15) is 4.79 Å². The number of methoxy groups -OCH3 is 1. The summed E-state index contributed by atoms with van der Waals surface area (Å²) < 4.78 is 7.38. The van der Waals surface area contributed by atoms with E-state index in [1.165, 1.54) is 37.0 Å². The molecule has 2 unspecified atom stereocenters. The van der Waals surface area contributed by atoms with Crippen molar-refractivity contribution in [1.82, 2.24) is 4.57 Å². The molecule has 1 amide bonds. The summed E-state index contributed by atoms with van der Waals surface area (Å²) in [4.78, 5) is 20.2. The van der Waals surface area contributed by atoms with Crippen LogP contribution in [0.4, 0.5) is 0 Å². The third-order valence-corrected chi connectivity index (χ3v) is 8.05. The summed E-state index contributed by atoms with van der Waals surface area (Å²) in [5.41, 5.74) is -0.101. The minimum atomic E-state index is -0.101. The highest BCUT2D eigenvalue weighted by Gasteiger charge is 2.61. The highest BCUT2D eigenvalue weighted by atomic mass is 32.1. The van der Waals surface area contributed by atoms with Crippen LogP contribution in [0.25, 0.3) is 0 Å². The van der Waals surface area contributed by atoms with Gasteiger partial charge in [-0.05, 0) is 68.6 Å². The Balaban J connectivity index is 1.48. The summed E-state index contributed by atoms with van der Waals surface area (Å²) in [5.74, 6) is 3.11. The topological polar surface area (TPSA) is 43.6 Å². The van der Waals surface area contributed by atoms with Crippen molar-refractivity contribution in [1.29, 1.82) is 0 Å². The van der Waals surface area contributed by atoms with E-state index < -0.39 is 0 Å². The van der Waals surface area contributed by atoms with Crippen molar-refractivity contribution in [3.8, 4) is 0 Å². The third-order valence-electron chi connectivity index (χ3n) is 6.87. The van der Waals surface area contributed by atoms with Crippen molar-refractivity contribution < 1.29 is 9.53 Å². The van der Waals surface area contributed by atoms with Crippen LogP contribution < -0.4 is 4.80 Å². The van der Waals surface area contributed by atoms with Crippen LogP contribution in [0.2, 0.25) is 0 Å². The van der Waals surface area contributed by atoms with E-state index in [-0.39, 0.29) is 11.3 Å². The van der Waals surface area contributed by atoms with Crippen LogP contribution >= 0.6 is 11.3 Å². The fraction of sp³-hybridized carbons (Fsp3) is 0.789. The summed E-state index contributed by atoms with van der Waals surface area (Å²) in [5, 5.41) is 0. The van der Waals surface area contributed by atoms with Gasteiger partial charge in [-0.25, -0.2) is 0 Å². The predicted molar refractivity (Wildman–Crippen MR) is 92.7 cm³/mol. The lowest BCUT2D eigenvalue weighted by atomic mass is 9.75. The first kappa shape index (κ1) is 15.3. The maximum Gasteiger partial charge on any atom is 0.254 e. The van der Waals surface area contributed by atoms with Crippen LogP contribution in [-0.4, -0.2) is 24.2 Å². The maximum absolute atomic E-state index is 13.2. The molecule has 5 heteroatoms. The minimum absolute atomic E-state index is 0.101. The first-order valence-electron chi connectivity index (χ1n) is 9.46. The van der Waals surface area contributed by atoms with Crippen molar-refractivity contribution in [3.05, 3.63) is 15.9 Å². The number of hydrogen-bond donors (Lipinski definition) is 0. The van der Waals surface area contributed by atoms with Gasteiger partial charge in [0.2, 0.25) is 0 Å². The van der Waals surface area contributed by atoms with Crippen molar-refractivity contribution >= 4 is 17.2 Å². The Hall–Kier alpha value is -0.940. The minimum Gasteiger partial charge on any atom is -0.383 e. The second-order valence-corrected chi connectivity index (χ2v) is 9.53. The molecule has 24 heavy (non-hydrogen) atoms. The van der Waals surface area contributed by atoms with Crippen LogP contribution in [0.1, 0.15) is 55.7 Å². The Morgan fingerprint density at radius 1 is 1.33 bits per heavy atom. The quantitative estimate of drug-likeness (QED) is 0.821. The first-order valence-corrected chi connectivity index (χ1v) is 10.3. The molecule has 2 atom stereocenters. The molecule has 0 saturated heterocycles. The standard InChI is InChI=1S/C19H26N2O2S/c1-23-5-4-21-11-16(14-2-3-14)24-18(21)20-17(22)19-9-12-6-13(10-19)8-15(19)7-12/h11-15H,2-10H2,1H3/b20-18-. The molecule has 0 aromatic carbocycles. The lowest BCUT2D eigenvalue weighted by molar-refractivity contribution is -0.129. The summed E-state index contributed by atoms with van der Waals surface area (Å²) in [6.45, 7) is 1.45. The molecule has 6 rings (SSSR count). The van der Waals surface area contributed by atoms with Gasteiger partial charge in [0.05, 0.1) is 12.0 Å². The molecular formula is C19H26N2O2S. The van der Waals surface area contributed by atoms with Gasteiger partial charge >= 0.3 is 0 Å². The number of amides is 1. The van der Waals surface area contributed by atoms with Gasteiger partial charge in [-0.15, -0.1) is 11.3 Å². The van der Waals surface area contributed by atoms with Crippen LogP contribution in [0.15, 0.2) is 11.2 Å². The Kier molecular flexibility index (Phi) is 3.53. The molecule has 0 radical (unpaired) electrons. The molecule has 5 aliphatic rings. The van der Waals surface area contributed by atoms with Gasteiger partial charge < -0.3 is 9.30 Å². The van der Waals surface area contributed by atoms with E-state index in [0.29, 0.717) is 18.4 Å². The zero-order valence-corrected chi connectivity index (χ0v) is 15.2. The number of carbonyl (C=O) groups is 1. The molecule has 1 aromatic heterocycles. The monoisotopic (exact) mass is 346 g/mol. The van der Waals surface area contributed by atoms with Crippen LogP contribution in [0.5, 0.6) is 0 Å². The number of aromatic nitrogens is 1. The number of hydrogen-bond acceptors (Lipinski definition) is 3. The summed E-state index contributed by atoms with van der Waals surface area (Å²) in [6.07, 6.45) is 10.9. The highest BCUT2D eigenvalue weighted by molar-refractivity contribution is 7.09. The molecule has 0 spiro atoms. The van der Waals surface area contributed by atoms with E-state index in [0.717, 1.165) is 36.0 Å². The average molecular weight is 346 g/mol. The largest absolute Gasteiger partial charge is 0.383 e. The second-order valence-electron chi connectivity index (χ2n) is 8.49. The lowest BCUT2D eigenvalue weighted by Crippen LogP contribution is -2.33. The Morgan fingerprint density at radius 2 is 2.08 bits per heavy atom. The molecule has 1 aromatic rings. The fourth-order valence-electron chi connectivity index (χ4n) is 5.74. The highest BCUT2D eigenvalue weighted by Crippen LogP contribution is 2.65. The van der Waals surface area contributed by atoms with Crippen molar-refractivity contribution in [2.75, 3.05) is 13.7 Å². The number of ether oxygens (including phenoxy) is 1. The fourth-order valence-corrected chi connectivity index (χ4v) is 6.92. The number of nitrogens with zero attached hydrogens (tertiary/aromatic N) is 2. The van der Waals surface area contributed by atoms with Crippen LogP contribution in [0.3, 0.4) is 0 Å². The normalized spacial score (nSPS) is 37.5. The molecule has 130 valence electrons. The molecule has 5 saturated carbocycles. The maximum atomic E-state index is 13.2. The van der Waals surface area contributed by atoms with Gasteiger partial charge in [0, 0.05) is 24.7 Å². The Labute approximate surface area is 146 Å². The molecule has 4 bridgehead atoms. The molecule has 0 aliphatic heterocycles. The zero-order chi connectivity index (χ0) is 16.3. The summed E-state index contributed by atoms with van der Waals surface area (Å²) in [6, 6.07) is 0. The molecule has 0 N–H and O–H groups in total. The number of thiazole rings is 1. The smallest absolute Gasteiger partial charge is 0.254 e. The molecular weight excluding hydrogens is 320 g/mol.